The minimum atomic E-state index is -0.0606. The van der Waals surface area contributed by atoms with Crippen molar-refractivity contribution in [3.05, 3.63) is 36.4 Å². The van der Waals surface area contributed by atoms with Crippen LogP contribution in [-0.2, 0) is 23.8 Å². The molecule has 0 bridgehead atoms. The number of H-pyrrole nitrogens is 1. The highest BCUT2D eigenvalue weighted by Gasteiger charge is 2.31. The predicted octanol–water partition coefficient (Wildman–Crippen LogP) is 3.22. The maximum atomic E-state index is 12.9. The maximum Gasteiger partial charge on any atom is 0.223 e. The second-order valence-corrected chi connectivity index (χ2v) is 11.6. The van der Waals surface area contributed by atoms with Gasteiger partial charge in [-0.1, -0.05) is 19.1 Å². The number of benzene rings is 1. The third-order valence-corrected chi connectivity index (χ3v) is 8.35. The van der Waals surface area contributed by atoms with Crippen molar-refractivity contribution in [1.82, 2.24) is 35.2 Å². The van der Waals surface area contributed by atoms with E-state index in [4.69, 9.17) is 29.7 Å². The summed E-state index contributed by atoms with van der Waals surface area (Å²) in [5.74, 6) is 2.00. The Morgan fingerprint density at radius 1 is 1.00 bits per heavy atom. The van der Waals surface area contributed by atoms with E-state index in [-0.39, 0.29) is 23.7 Å². The first-order valence-electron chi connectivity index (χ1n) is 16.4. The highest BCUT2D eigenvalue weighted by molar-refractivity contribution is 5.93. The Labute approximate surface area is 274 Å². The van der Waals surface area contributed by atoms with Crippen molar-refractivity contribution < 1.29 is 28.5 Å². The number of nitrogens with two attached hydrogens (primary N) is 1. The molecule has 0 radical (unpaired) electrons. The molecule has 14 heteroatoms. The maximum absolute atomic E-state index is 12.9. The number of nitrogens with one attached hydrogen (secondary N) is 3. The molecule has 5 rings (SSSR count). The lowest BCUT2D eigenvalue weighted by atomic mass is 9.81. The number of anilines is 1. The normalized spacial score (nSPS) is 16.5. The summed E-state index contributed by atoms with van der Waals surface area (Å²) in [4.78, 5) is 37.3. The van der Waals surface area contributed by atoms with Crippen LogP contribution < -0.4 is 21.1 Å². The second kappa shape index (κ2) is 17.0. The van der Waals surface area contributed by atoms with Crippen LogP contribution in [0.15, 0.2) is 30.6 Å². The Balaban J connectivity index is 1.03. The molecule has 1 saturated carbocycles. The molecule has 0 spiro atoms. The number of hydrogen-bond acceptors (Lipinski definition) is 10. The van der Waals surface area contributed by atoms with Gasteiger partial charge < -0.3 is 40.3 Å². The Morgan fingerprint density at radius 2 is 1.74 bits per heavy atom. The van der Waals surface area contributed by atoms with E-state index >= 15 is 0 Å². The van der Waals surface area contributed by atoms with Gasteiger partial charge in [0.05, 0.1) is 51.4 Å². The molecule has 1 aliphatic carbocycles. The first-order valence-corrected chi connectivity index (χ1v) is 16.4. The minimum absolute atomic E-state index is 0.0443. The summed E-state index contributed by atoms with van der Waals surface area (Å²) in [6, 6.07) is 7.91. The Bertz CT molecular complexity index is 1610. The number of aromatic nitrogens is 5. The van der Waals surface area contributed by atoms with Crippen molar-refractivity contribution in [2.45, 2.75) is 51.4 Å². The Hall–Kier alpha value is -4.27. The lowest BCUT2D eigenvalue weighted by Gasteiger charge is -2.26. The van der Waals surface area contributed by atoms with Crippen LogP contribution in [0.3, 0.4) is 0 Å². The second-order valence-electron chi connectivity index (χ2n) is 11.6. The van der Waals surface area contributed by atoms with Gasteiger partial charge in [-0.25, -0.2) is 14.5 Å². The number of carbonyl (C=O) groups is 2. The van der Waals surface area contributed by atoms with Gasteiger partial charge in [-0.15, -0.1) is 0 Å². The molecule has 0 atom stereocenters. The number of rotatable bonds is 18. The Kier molecular flexibility index (Phi) is 12.4. The lowest BCUT2D eigenvalue weighted by Crippen LogP contribution is -2.35. The van der Waals surface area contributed by atoms with E-state index in [2.05, 4.69) is 25.7 Å². The van der Waals surface area contributed by atoms with Gasteiger partial charge in [-0.05, 0) is 44.2 Å². The number of fused-ring (bicyclic) bond motifs is 2. The SMILES string of the molecule is CCCOCCC(=O)NCCOCCOCCNC(=O)C1CCC(c2nc(-c3cc4cccc(OC)c4[nH]3)c3c(N)ncnn23)CC1. The van der Waals surface area contributed by atoms with Crippen LogP contribution in [0, 0.1) is 5.92 Å². The zero-order chi connectivity index (χ0) is 33.0. The monoisotopic (exact) mass is 650 g/mol. The molecule has 1 aliphatic rings. The van der Waals surface area contributed by atoms with Crippen LogP contribution in [0.4, 0.5) is 5.82 Å². The minimum Gasteiger partial charge on any atom is -0.495 e. The molecule has 0 unspecified atom stereocenters. The van der Waals surface area contributed by atoms with Crippen molar-refractivity contribution >= 4 is 34.1 Å². The number of methoxy groups -OCH3 is 1. The molecule has 2 amide bonds. The highest BCUT2D eigenvalue weighted by Crippen LogP contribution is 2.39. The van der Waals surface area contributed by atoms with E-state index in [1.54, 1.807) is 11.6 Å². The van der Waals surface area contributed by atoms with E-state index in [1.807, 2.05) is 31.2 Å². The average molecular weight is 651 g/mol. The molecule has 5 N–H and O–H groups in total. The number of nitrogen functional groups attached to an aromatic ring is 1. The van der Waals surface area contributed by atoms with E-state index in [0.29, 0.717) is 76.2 Å². The molecule has 1 aromatic carbocycles. The van der Waals surface area contributed by atoms with Gasteiger partial charge in [0, 0.05) is 43.3 Å². The van der Waals surface area contributed by atoms with Gasteiger partial charge >= 0.3 is 0 Å². The number of carbonyl (C=O) groups excluding carboxylic acids is 2. The van der Waals surface area contributed by atoms with Gasteiger partial charge in [0.1, 0.15) is 29.1 Å². The van der Waals surface area contributed by atoms with Gasteiger partial charge in [0.25, 0.3) is 0 Å². The Morgan fingerprint density at radius 3 is 2.49 bits per heavy atom. The van der Waals surface area contributed by atoms with Crippen LogP contribution in [0.2, 0.25) is 0 Å². The number of amides is 2. The molecule has 254 valence electrons. The number of ether oxygens (including phenoxy) is 4. The predicted molar refractivity (Wildman–Crippen MR) is 177 cm³/mol. The van der Waals surface area contributed by atoms with Crippen molar-refractivity contribution in [1.29, 1.82) is 0 Å². The topological polar surface area (TPSA) is 180 Å². The van der Waals surface area contributed by atoms with Crippen molar-refractivity contribution in [2.75, 3.05) is 65.6 Å². The first kappa shape index (κ1) is 34.1. The van der Waals surface area contributed by atoms with Gasteiger partial charge in [0.2, 0.25) is 11.8 Å². The van der Waals surface area contributed by atoms with Crippen LogP contribution >= 0.6 is 0 Å². The average Bonchev–Trinajstić information content (AvgIpc) is 3.70. The highest BCUT2D eigenvalue weighted by atomic mass is 16.5. The third kappa shape index (κ3) is 8.76. The third-order valence-electron chi connectivity index (χ3n) is 8.35. The van der Waals surface area contributed by atoms with Gasteiger partial charge in [-0.3, -0.25) is 9.59 Å². The standard InChI is InChI=1S/C33H46N8O6/c1-3-14-45-15-11-27(42)35-12-16-46-18-19-47-17-13-36-33(43)23-9-7-22(8-10-23)32-40-29(30-31(34)37-21-38-41(30)32)25-20-24-5-4-6-26(44-2)28(24)39-25/h4-6,20-23,39H,3,7-19H2,1-2H3,(H,35,42)(H,36,43)(H2,34,37,38). The smallest absolute Gasteiger partial charge is 0.223 e. The van der Waals surface area contributed by atoms with Crippen molar-refractivity contribution in [3.8, 4) is 17.1 Å². The van der Waals surface area contributed by atoms with Crippen LogP contribution in [0.1, 0.15) is 57.2 Å². The summed E-state index contributed by atoms with van der Waals surface area (Å²) < 4.78 is 23.7. The zero-order valence-electron chi connectivity index (χ0n) is 27.3. The molecule has 0 aliphatic heterocycles. The molecule has 3 aromatic heterocycles. The van der Waals surface area contributed by atoms with Crippen LogP contribution in [-0.4, -0.2) is 96.2 Å². The number of hydrogen-bond donors (Lipinski definition) is 4. The number of nitrogens with zero attached hydrogens (tertiary/aromatic N) is 4. The summed E-state index contributed by atoms with van der Waals surface area (Å²) in [5.41, 5.74) is 9.39. The molecule has 0 saturated heterocycles. The summed E-state index contributed by atoms with van der Waals surface area (Å²) in [5, 5.41) is 11.3. The van der Waals surface area contributed by atoms with E-state index in [0.717, 1.165) is 60.3 Å². The van der Waals surface area contributed by atoms with E-state index in [9.17, 15) is 9.59 Å². The molecule has 4 aromatic rings. The summed E-state index contributed by atoms with van der Waals surface area (Å²) in [6.07, 6.45) is 5.86. The van der Waals surface area contributed by atoms with Gasteiger partial charge in [0.15, 0.2) is 5.82 Å². The fourth-order valence-electron chi connectivity index (χ4n) is 5.94. The fraction of sp³-hybridized carbons (Fsp3) is 0.545. The summed E-state index contributed by atoms with van der Waals surface area (Å²) in [6.45, 7) is 5.68. The molecular formula is C33H46N8O6. The lowest BCUT2D eigenvalue weighted by molar-refractivity contribution is -0.126. The number of aromatic amines is 1. The van der Waals surface area contributed by atoms with Crippen LogP contribution in [0.25, 0.3) is 27.8 Å². The number of para-hydroxylation sites is 1. The van der Waals surface area contributed by atoms with E-state index in [1.165, 1.54) is 6.33 Å². The zero-order valence-corrected chi connectivity index (χ0v) is 27.3. The summed E-state index contributed by atoms with van der Waals surface area (Å²) >= 11 is 0. The fourth-order valence-corrected chi connectivity index (χ4v) is 5.94. The molecule has 47 heavy (non-hydrogen) atoms. The molecule has 14 nitrogen and oxygen atoms in total. The molecule has 3 heterocycles. The summed E-state index contributed by atoms with van der Waals surface area (Å²) in [7, 11) is 1.65. The largest absolute Gasteiger partial charge is 0.495 e. The van der Waals surface area contributed by atoms with Crippen molar-refractivity contribution in [2.24, 2.45) is 5.92 Å². The molecule has 1 fully saturated rings. The quantitative estimate of drug-likeness (QED) is 0.117. The van der Waals surface area contributed by atoms with Crippen LogP contribution in [0.5, 0.6) is 5.75 Å². The van der Waals surface area contributed by atoms with E-state index < -0.39 is 0 Å². The first-order chi connectivity index (χ1) is 23.0. The molecular weight excluding hydrogens is 604 g/mol. The number of imidazole rings is 1. The van der Waals surface area contributed by atoms with Crippen molar-refractivity contribution in [3.63, 3.8) is 0 Å². The van der Waals surface area contributed by atoms with Gasteiger partial charge in [-0.2, -0.15) is 5.10 Å².